The maximum Gasteiger partial charge on any atom is 0.225 e. The largest absolute Gasteiger partial charge is 0.356 e. The summed E-state index contributed by atoms with van der Waals surface area (Å²) in [6.07, 6.45) is 5.73. The van der Waals surface area contributed by atoms with Crippen LogP contribution >= 0.6 is 0 Å². The molecule has 2 aliphatic rings. The number of halogens is 1. The molecule has 0 bridgehead atoms. The number of likely N-dealkylation sites (tertiary alicyclic amines) is 1. The van der Waals surface area contributed by atoms with Gasteiger partial charge in [0.05, 0.1) is 5.92 Å². The maximum absolute atomic E-state index is 13.9. The van der Waals surface area contributed by atoms with Crippen LogP contribution in [0.1, 0.15) is 36.9 Å². The molecule has 1 N–H and O–H groups in total. The van der Waals surface area contributed by atoms with Gasteiger partial charge in [-0.05, 0) is 63.7 Å². The monoisotopic (exact) mass is 425 g/mol. The van der Waals surface area contributed by atoms with Crippen molar-refractivity contribution in [2.75, 3.05) is 37.6 Å². The summed E-state index contributed by atoms with van der Waals surface area (Å²) < 4.78 is 13.9. The van der Waals surface area contributed by atoms with E-state index in [0.717, 1.165) is 69.1 Å². The minimum atomic E-state index is -0.130. The molecule has 3 heterocycles. The number of hydrogen-bond acceptors (Lipinski definition) is 5. The van der Waals surface area contributed by atoms with Crippen molar-refractivity contribution in [2.45, 2.75) is 39.2 Å². The van der Waals surface area contributed by atoms with E-state index >= 15 is 0 Å². The number of nitrogens with zero attached hydrogens (tertiary/aromatic N) is 4. The van der Waals surface area contributed by atoms with Gasteiger partial charge in [0.25, 0.3) is 0 Å². The Labute approximate surface area is 183 Å². The molecule has 1 aromatic carbocycles. The average molecular weight is 426 g/mol. The van der Waals surface area contributed by atoms with E-state index in [1.807, 2.05) is 25.1 Å². The summed E-state index contributed by atoms with van der Waals surface area (Å²) in [4.78, 5) is 26.1. The predicted octanol–water partition coefficient (Wildman–Crippen LogP) is 3.17. The van der Waals surface area contributed by atoms with Crippen LogP contribution in [0.15, 0.2) is 36.5 Å². The zero-order valence-corrected chi connectivity index (χ0v) is 18.3. The number of carbonyl (C=O) groups is 1. The summed E-state index contributed by atoms with van der Waals surface area (Å²) in [5.41, 5.74) is 1.70. The van der Waals surface area contributed by atoms with E-state index in [1.54, 1.807) is 12.3 Å². The first-order valence-electron chi connectivity index (χ1n) is 11.4. The van der Waals surface area contributed by atoms with E-state index in [4.69, 9.17) is 0 Å². The van der Waals surface area contributed by atoms with Crippen molar-refractivity contribution in [1.82, 2.24) is 20.2 Å². The number of benzene rings is 1. The summed E-state index contributed by atoms with van der Waals surface area (Å²) in [5.74, 6) is 1.21. The molecule has 6 nitrogen and oxygen atoms in total. The van der Waals surface area contributed by atoms with Crippen LogP contribution in [0, 0.1) is 24.6 Å². The van der Waals surface area contributed by atoms with Crippen molar-refractivity contribution in [3.05, 3.63) is 53.6 Å². The first-order valence-corrected chi connectivity index (χ1v) is 11.4. The Kier molecular flexibility index (Phi) is 7.12. The molecule has 1 atom stereocenters. The van der Waals surface area contributed by atoms with Gasteiger partial charge in [0.2, 0.25) is 11.9 Å². The Balaban J connectivity index is 1.21. The lowest BCUT2D eigenvalue weighted by atomic mass is 9.94. The van der Waals surface area contributed by atoms with Crippen molar-refractivity contribution in [1.29, 1.82) is 0 Å². The number of anilines is 1. The Hall–Kier alpha value is -2.54. The molecule has 0 aliphatic carbocycles. The van der Waals surface area contributed by atoms with Gasteiger partial charge in [-0.1, -0.05) is 18.2 Å². The number of hydrogen-bond donors (Lipinski definition) is 1. The van der Waals surface area contributed by atoms with E-state index in [9.17, 15) is 9.18 Å². The molecule has 0 radical (unpaired) electrons. The molecule has 0 saturated carbocycles. The van der Waals surface area contributed by atoms with Gasteiger partial charge in [0.15, 0.2) is 0 Å². The summed E-state index contributed by atoms with van der Waals surface area (Å²) in [6.45, 7) is 6.80. The number of rotatable bonds is 6. The SMILES string of the molecule is Cc1ccnc(N2CCC[C@@H](C(=O)NCC3CCN(Cc4ccccc4F)CC3)C2)n1. The van der Waals surface area contributed by atoms with E-state index in [-0.39, 0.29) is 17.6 Å². The molecule has 0 spiro atoms. The standard InChI is InChI=1S/C24H32FN5O/c1-18-8-11-26-24(28-18)30-12-4-6-21(17-30)23(31)27-15-19-9-13-29(14-10-19)16-20-5-2-3-7-22(20)25/h2-3,5,7-8,11,19,21H,4,6,9-10,12-17H2,1H3,(H,27,31)/t21-/m1/s1. The summed E-state index contributed by atoms with van der Waals surface area (Å²) in [7, 11) is 0. The molecular weight excluding hydrogens is 393 g/mol. The van der Waals surface area contributed by atoms with E-state index < -0.39 is 0 Å². The molecule has 2 aromatic rings. The lowest BCUT2D eigenvalue weighted by Crippen LogP contribution is -2.45. The van der Waals surface area contributed by atoms with Crippen LogP contribution in [0.25, 0.3) is 0 Å². The summed E-state index contributed by atoms with van der Waals surface area (Å²) in [5, 5.41) is 3.19. The first-order chi connectivity index (χ1) is 15.1. The van der Waals surface area contributed by atoms with Gasteiger partial charge in [-0.3, -0.25) is 9.69 Å². The number of piperidine rings is 2. The molecule has 1 amide bonds. The Morgan fingerprint density at radius 1 is 1.16 bits per heavy atom. The van der Waals surface area contributed by atoms with Crippen LogP contribution in [0.4, 0.5) is 10.3 Å². The third-order valence-electron chi connectivity index (χ3n) is 6.48. The van der Waals surface area contributed by atoms with Crippen molar-refractivity contribution in [3.63, 3.8) is 0 Å². The Morgan fingerprint density at radius 3 is 2.74 bits per heavy atom. The molecule has 31 heavy (non-hydrogen) atoms. The Bertz CT molecular complexity index is 884. The highest BCUT2D eigenvalue weighted by molar-refractivity contribution is 5.79. The highest BCUT2D eigenvalue weighted by Gasteiger charge is 2.28. The van der Waals surface area contributed by atoms with Crippen LogP contribution in [0.3, 0.4) is 0 Å². The minimum absolute atomic E-state index is 0.0148. The van der Waals surface area contributed by atoms with Crippen molar-refractivity contribution < 1.29 is 9.18 Å². The molecule has 0 unspecified atom stereocenters. The fourth-order valence-corrected chi connectivity index (χ4v) is 4.57. The zero-order valence-electron chi connectivity index (χ0n) is 18.3. The van der Waals surface area contributed by atoms with Gasteiger partial charge in [0.1, 0.15) is 5.82 Å². The fourth-order valence-electron chi connectivity index (χ4n) is 4.57. The topological polar surface area (TPSA) is 61.4 Å². The van der Waals surface area contributed by atoms with Gasteiger partial charge in [0, 0.05) is 43.6 Å². The van der Waals surface area contributed by atoms with E-state index in [0.29, 0.717) is 19.0 Å². The van der Waals surface area contributed by atoms with Gasteiger partial charge < -0.3 is 10.2 Å². The summed E-state index contributed by atoms with van der Waals surface area (Å²) in [6, 6.07) is 8.89. The van der Waals surface area contributed by atoms with Crippen LogP contribution in [0.5, 0.6) is 0 Å². The smallest absolute Gasteiger partial charge is 0.225 e. The second-order valence-electron chi connectivity index (χ2n) is 8.84. The normalized spacial score (nSPS) is 20.6. The second-order valence-corrected chi connectivity index (χ2v) is 8.84. The third kappa shape index (κ3) is 5.79. The lowest BCUT2D eigenvalue weighted by molar-refractivity contribution is -0.125. The number of aromatic nitrogens is 2. The second kappa shape index (κ2) is 10.2. The van der Waals surface area contributed by atoms with Gasteiger partial charge in [-0.15, -0.1) is 0 Å². The molecule has 166 valence electrons. The molecular formula is C24H32FN5O. The van der Waals surface area contributed by atoms with Crippen LogP contribution in [0.2, 0.25) is 0 Å². The number of aryl methyl sites for hydroxylation is 1. The van der Waals surface area contributed by atoms with Crippen LogP contribution in [-0.2, 0) is 11.3 Å². The third-order valence-corrected chi connectivity index (χ3v) is 6.48. The number of amides is 1. The maximum atomic E-state index is 13.9. The van der Waals surface area contributed by atoms with Crippen LogP contribution in [-0.4, -0.2) is 53.5 Å². The summed E-state index contributed by atoms with van der Waals surface area (Å²) >= 11 is 0. The quantitative estimate of drug-likeness (QED) is 0.770. The molecule has 2 aliphatic heterocycles. The predicted molar refractivity (Wildman–Crippen MR) is 119 cm³/mol. The molecule has 2 saturated heterocycles. The fraction of sp³-hybridized carbons (Fsp3) is 0.542. The molecule has 7 heteroatoms. The van der Waals surface area contributed by atoms with Crippen molar-refractivity contribution in [3.8, 4) is 0 Å². The highest BCUT2D eigenvalue weighted by Crippen LogP contribution is 2.22. The highest BCUT2D eigenvalue weighted by atomic mass is 19.1. The Morgan fingerprint density at radius 2 is 1.97 bits per heavy atom. The van der Waals surface area contributed by atoms with Gasteiger partial charge >= 0.3 is 0 Å². The van der Waals surface area contributed by atoms with Crippen LogP contribution < -0.4 is 10.2 Å². The number of carbonyl (C=O) groups excluding carboxylic acids is 1. The van der Waals surface area contributed by atoms with E-state index in [2.05, 4.69) is 25.1 Å². The van der Waals surface area contributed by atoms with Gasteiger partial charge in [-0.25, -0.2) is 14.4 Å². The number of nitrogens with one attached hydrogen (secondary N) is 1. The minimum Gasteiger partial charge on any atom is -0.356 e. The molecule has 4 rings (SSSR count). The van der Waals surface area contributed by atoms with Crippen molar-refractivity contribution >= 4 is 11.9 Å². The molecule has 2 fully saturated rings. The zero-order chi connectivity index (χ0) is 21.6. The lowest BCUT2D eigenvalue weighted by Gasteiger charge is -2.34. The van der Waals surface area contributed by atoms with Crippen molar-refractivity contribution in [2.24, 2.45) is 11.8 Å². The van der Waals surface area contributed by atoms with Gasteiger partial charge in [-0.2, -0.15) is 0 Å². The van der Waals surface area contributed by atoms with E-state index in [1.165, 1.54) is 6.07 Å². The average Bonchev–Trinajstić information content (AvgIpc) is 2.80. The first kappa shape index (κ1) is 21.7. The molecule has 1 aromatic heterocycles.